The smallest absolute Gasteiger partial charge is 0.389 e. The van der Waals surface area contributed by atoms with Gasteiger partial charge in [-0.2, -0.15) is 13.2 Å². The third kappa shape index (κ3) is 3.17. The highest BCUT2D eigenvalue weighted by Gasteiger charge is 2.37. The Morgan fingerprint density at radius 3 is 2.29 bits per heavy atom. The van der Waals surface area contributed by atoms with Crippen molar-refractivity contribution in [3.8, 4) is 0 Å². The van der Waals surface area contributed by atoms with Crippen molar-refractivity contribution in [2.75, 3.05) is 5.33 Å². The number of hydrogen-bond acceptors (Lipinski definition) is 2. The Hall–Kier alpha value is -0.660. The summed E-state index contributed by atoms with van der Waals surface area (Å²) in [5, 5.41) is 18.6. The molecular formula is C10H9BrF4O2. The molecule has 0 aliphatic heterocycles. The molecule has 0 saturated heterocycles. The van der Waals surface area contributed by atoms with Crippen LogP contribution < -0.4 is 0 Å². The fourth-order valence-corrected chi connectivity index (χ4v) is 1.72. The molecule has 2 N–H and O–H groups in total. The third-order valence-electron chi connectivity index (χ3n) is 2.18. The maximum atomic E-state index is 13.3. The zero-order valence-corrected chi connectivity index (χ0v) is 9.96. The van der Waals surface area contributed by atoms with Gasteiger partial charge in [0.25, 0.3) is 0 Å². The summed E-state index contributed by atoms with van der Waals surface area (Å²) in [4.78, 5) is 0. The molecule has 0 spiro atoms. The predicted octanol–water partition coefficient (Wildman–Crippen LogP) is 2.63. The maximum absolute atomic E-state index is 13.3. The van der Waals surface area contributed by atoms with Crippen molar-refractivity contribution in [1.29, 1.82) is 0 Å². The van der Waals surface area contributed by atoms with Gasteiger partial charge in [-0.25, -0.2) is 4.39 Å². The summed E-state index contributed by atoms with van der Waals surface area (Å²) >= 11 is 2.80. The van der Waals surface area contributed by atoms with E-state index in [-0.39, 0.29) is 5.33 Å². The highest BCUT2D eigenvalue weighted by Crippen LogP contribution is 2.36. The molecule has 2 unspecified atom stereocenters. The van der Waals surface area contributed by atoms with Gasteiger partial charge in [0.05, 0.1) is 11.7 Å². The average Bonchev–Trinajstić information content (AvgIpc) is 2.25. The van der Waals surface area contributed by atoms with E-state index in [0.717, 1.165) is 12.1 Å². The lowest BCUT2D eigenvalue weighted by Gasteiger charge is -2.21. The predicted molar refractivity (Wildman–Crippen MR) is 56.2 cm³/mol. The fraction of sp³-hybridized carbons (Fsp3) is 0.400. The highest BCUT2D eigenvalue weighted by molar-refractivity contribution is 9.09. The molecule has 0 bridgehead atoms. The van der Waals surface area contributed by atoms with E-state index in [9.17, 15) is 27.8 Å². The van der Waals surface area contributed by atoms with Gasteiger partial charge in [-0.3, -0.25) is 0 Å². The van der Waals surface area contributed by atoms with E-state index in [4.69, 9.17) is 0 Å². The van der Waals surface area contributed by atoms with Crippen LogP contribution in [0.2, 0.25) is 0 Å². The van der Waals surface area contributed by atoms with Crippen molar-refractivity contribution in [2.24, 2.45) is 0 Å². The van der Waals surface area contributed by atoms with Gasteiger partial charge >= 0.3 is 6.18 Å². The minimum atomic E-state index is -4.79. The Labute approximate surface area is 103 Å². The maximum Gasteiger partial charge on any atom is 0.416 e. The molecule has 0 heterocycles. The Bertz CT molecular complexity index is 394. The second-order valence-corrected chi connectivity index (χ2v) is 4.01. The zero-order chi connectivity index (χ0) is 13.2. The van der Waals surface area contributed by atoms with Crippen LogP contribution in [0.25, 0.3) is 0 Å². The second-order valence-electron chi connectivity index (χ2n) is 3.37. The molecule has 0 amide bonds. The molecule has 7 heteroatoms. The summed E-state index contributed by atoms with van der Waals surface area (Å²) in [6.07, 6.45) is -8.25. The van der Waals surface area contributed by atoms with E-state index in [1.165, 1.54) is 0 Å². The van der Waals surface area contributed by atoms with Gasteiger partial charge in [-0.05, 0) is 12.1 Å². The van der Waals surface area contributed by atoms with E-state index in [0.29, 0.717) is 6.07 Å². The molecule has 0 aromatic heterocycles. The van der Waals surface area contributed by atoms with Gasteiger partial charge in [0.15, 0.2) is 0 Å². The van der Waals surface area contributed by atoms with Crippen LogP contribution in [0.15, 0.2) is 18.2 Å². The first-order valence-electron chi connectivity index (χ1n) is 4.56. The van der Waals surface area contributed by atoms with Crippen LogP contribution >= 0.6 is 15.9 Å². The minimum absolute atomic E-state index is 0.167. The van der Waals surface area contributed by atoms with Crippen molar-refractivity contribution < 1.29 is 27.8 Å². The highest BCUT2D eigenvalue weighted by atomic mass is 79.9. The van der Waals surface area contributed by atoms with E-state index in [1.54, 1.807) is 0 Å². The quantitative estimate of drug-likeness (QED) is 0.665. The van der Waals surface area contributed by atoms with Crippen LogP contribution in [0.5, 0.6) is 0 Å². The van der Waals surface area contributed by atoms with Gasteiger partial charge in [0.1, 0.15) is 11.9 Å². The van der Waals surface area contributed by atoms with E-state index >= 15 is 0 Å². The number of benzene rings is 1. The molecule has 0 aliphatic carbocycles. The summed E-state index contributed by atoms with van der Waals surface area (Å²) in [7, 11) is 0. The minimum Gasteiger partial charge on any atom is -0.389 e. The number of aliphatic hydroxyl groups is 2. The number of hydrogen-bond donors (Lipinski definition) is 2. The van der Waals surface area contributed by atoms with Crippen molar-refractivity contribution in [3.63, 3.8) is 0 Å². The first-order chi connectivity index (χ1) is 7.79. The molecule has 0 fully saturated rings. The summed E-state index contributed by atoms with van der Waals surface area (Å²) in [6.45, 7) is 0. The third-order valence-corrected chi connectivity index (χ3v) is 2.84. The van der Waals surface area contributed by atoms with E-state index in [1.807, 2.05) is 0 Å². The monoisotopic (exact) mass is 316 g/mol. The number of rotatable bonds is 3. The number of halogens is 5. The van der Waals surface area contributed by atoms with Crippen LogP contribution in [0, 0.1) is 5.82 Å². The number of alkyl halides is 4. The van der Waals surface area contributed by atoms with Gasteiger partial charge in [0.2, 0.25) is 0 Å². The van der Waals surface area contributed by atoms with Crippen LogP contribution in [-0.4, -0.2) is 21.6 Å². The first-order valence-corrected chi connectivity index (χ1v) is 5.69. The molecule has 0 radical (unpaired) electrons. The van der Waals surface area contributed by atoms with Gasteiger partial charge in [-0.1, -0.05) is 22.0 Å². The van der Waals surface area contributed by atoms with Gasteiger partial charge in [0, 0.05) is 10.9 Å². The molecule has 0 saturated carbocycles. The molecule has 1 aromatic carbocycles. The number of aliphatic hydroxyl groups excluding tert-OH is 2. The standard InChI is InChI=1S/C10H9BrF4O2/c11-4-7(16)9(17)8-5(10(13,14)15)2-1-3-6(8)12/h1-3,7,9,16-17H,4H2. The summed E-state index contributed by atoms with van der Waals surface area (Å²) in [5.41, 5.74) is -2.23. The molecule has 1 rings (SSSR count). The van der Waals surface area contributed by atoms with Gasteiger partial charge in [-0.15, -0.1) is 0 Å². The Balaban J connectivity index is 3.30. The van der Waals surface area contributed by atoms with Crippen LogP contribution in [0.3, 0.4) is 0 Å². The van der Waals surface area contributed by atoms with Crippen molar-refractivity contribution in [3.05, 3.63) is 35.1 Å². The normalized spacial score (nSPS) is 15.7. The molecule has 0 aliphatic rings. The van der Waals surface area contributed by atoms with E-state index in [2.05, 4.69) is 15.9 Å². The Morgan fingerprint density at radius 1 is 1.24 bits per heavy atom. The van der Waals surface area contributed by atoms with Crippen LogP contribution in [0.4, 0.5) is 17.6 Å². The second kappa shape index (κ2) is 5.32. The first kappa shape index (κ1) is 14.4. The average molecular weight is 317 g/mol. The Morgan fingerprint density at radius 2 is 1.82 bits per heavy atom. The summed E-state index contributed by atoms with van der Waals surface area (Å²) < 4.78 is 51.1. The lowest BCUT2D eigenvalue weighted by molar-refractivity contribution is -0.140. The van der Waals surface area contributed by atoms with Crippen LogP contribution in [-0.2, 0) is 6.18 Å². The van der Waals surface area contributed by atoms with E-state index < -0.39 is 35.3 Å². The topological polar surface area (TPSA) is 40.5 Å². The summed E-state index contributed by atoms with van der Waals surface area (Å²) in [6, 6.07) is 2.35. The molecule has 1 aromatic rings. The molecule has 17 heavy (non-hydrogen) atoms. The largest absolute Gasteiger partial charge is 0.416 e. The lowest BCUT2D eigenvalue weighted by Crippen LogP contribution is -2.24. The SMILES string of the molecule is OC(CBr)C(O)c1c(F)cccc1C(F)(F)F. The van der Waals surface area contributed by atoms with Crippen molar-refractivity contribution in [1.82, 2.24) is 0 Å². The molecular weight excluding hydrogens is 308 g/mol. The molecule has 2 atom stereocenters. The van der Waals surface area contributed by atoms with Crippen molar-refractivity contribution >= 4 is 15.9 Å². The van der Waals surface area contributed by atoms with Crippen molar-refractivity contribution in [2.45, 2.75) is 18.4 Å². The molecule has 2 nitrogen and oxygen atoms in total. The summed E-state index contributed by atoms with van der Waals surface area (Å²) in [5.74, 6) is -1.20. The Kier molecular flexibility index (Phi) is 4.51. The molecule has 96 valence electrons. The van der Waals surface area contributed by atoms with Crippen LogP contribution in [0.1, 0.15) is 17.2 Å². The van der Waals surface area contributed by atoms with Gasteiger partial charge < -0.3 is 10.2 Å². The zero-order valence-electron chi connectivity index (χ0n) is 8.38. The fourth-order valence-electron chi connectivity index (χ4n) is 1.36. The lowest BCUT2D eigenvalue weighted by atomic mass is 9.98.